The van der Waals surface area contributed by atoms with Crippen molar-refractivity contribution >= 4 is 40.4 Å². The number of nitrogens with one attached hydrogen (secondary N) is 1. The Bertz CT molecular complexity index is 1520. The molecule has 0 saturated carbocycles. The van der Waals surface area contributed by atoms with Crippen LogP contribution in [0, 0.1) is 0 Å². The summed E-state index contributed by atoms with van der Waals surface area (Å²) in [6.07, 6.45) is 3.03. The van der Waals surface area contributed by atoms with Crippen LogP contribution in [-0.4, -0.2) is 35.0 Å². The molecule has 0 saturated heterocycles. The zero-order valence-electron chi connectivity index (χ0n) is 18.9. The van der Waals surface area contributed by atoms with E-state index in [4.69, 9.17) is 13.7 Å². The van der Waals surface area contributed by atoms with E-state index in [9.17, 15) is 14.4 Å². The van der Waals surface area contributed by atoms with Gasteiger partial charge in [0.1, 0.15) is 17.2 Å². The first kappa shape index (κ1) is 23.1. The summed E-state index contributed by atoms with van der Waals surface area (Å²) in [6, 6.07) is 19.1. The van der Waals surface area contributed by atoms with Gasteiger partial charge in [-0.05, 0) is 46.4 Å². The average Bonchev–Trinajstić information content (AvgIpc) is 3.63. The zero-order valence-corrected chi connectivity index (χ0v) is 19.7. The first-order valence-electron chi connectivity index (χ1n) is 10.7. The number of amidine groups is 1. The number of hydrogen-bond donors (Lipinski definition) is 1. The molecule has 4 aromatic rings. The van der Waals surface area contributed by atoms with Crippen molar-refractivity contribution in [2.24, 2.45) is 4.99 Å². The molecule has 5 rings (SSSR count). The maximum absolute atomic E-state index is 13.2. The highest BCUT2D eigenvalue weighted by molar-refractivity contribution is 8.14. The largest absolute Gasteiger partial charge is 0.497 e. The topological polar surface area (TPSA) is 122 Å². The number of carbonyl (C=O) groups is 2. The van der Waals surface area contributed by atoms with Crippen molar-refractivity contribution in [3.8, 4) is 11.4 Å². The molecule has 0 bridgehead atoms. The minimum Gasteiger partial charge on any atom is -0.497 e. The third-order valence-electron chi connectivity index (χ3n) is 5.24. The summed E-state index contributed by atoms with van der Waals surface area (Å²) >= 11 is 1.04. The summed E-state index contributed by atoms with van der Waals surface area (Å²) in [7, 11) is 1.54. The molecular weight excluding hydrogens is 484 g/mol. The van der Waals surface area contributed by atoms with Crippen molar-refractivity contribution in [1.82, 2.24) is 5.27 Å². The highest BCUT2D eigenvalue weighted by atomic mass is 32.2. The van der Waals surface area contributed by atoms with Gasteiger partial charge in [0.25, 0.3) is 5.91 Å². The van der Waals surface area contributed by atoms with Gasteiger partial charge in [0.2, 0.25) is 11.5 Å². The standard InChI is InChI=1S/C25H18N4O6S/c1-33-18-11-9-17(10-12-18)29-22(24(32)35-27-29)21(30)15-36-25-26-20(14-19-8-5-13-34-19)23(31)28(25)16-6-3-2-4-7-16/h2-14H,15H2,1H3/p+1/b20-14+. The van der Waals surface area contributed by atoms with E-state index in [1.807, 2.05) is 6.07 Å². The first-order chi connectivity index (χ1) is 17.5. The van der Waals surface area contributed by atoms with Crippen molar-refractivity contribution < 1.29 is 27.9 Å². The fraction of sp³-hybridized carbons (Fsp3) is 0.0800. The number of rotatable bonds is 7. The van der Waals surface area contributed by atoms with Crippen LogP contribution in [0.2, 0.25) is 0 Å². The van der Waals surface area contributed by atoms with Crippen LogP contribution < -0.4 is 19.9 Å². The monoisotopic (exact) mass is 503 g/mol. The average molecular weight is 504 g/mol. The Labute approximate surface area is 208 Å². The number of anilines is 1. The molecule has 0 unspecified atom stereocenters. The van der Waals surface area contributed by atoms with E-state index in [2.05, 4.69) is 10.3 Å². The fourth-order valence-electron chi connectivity index (χ4n) is 3.53. The SMILES string of the molecule is COc1ccc(-[n+]2[nH]oc(=O)c2C(=O)CSC2=N/C(=C/c3ccco3)C(=O)N2c2ccccc2)cc1. The number of Topliss-reactive ketones (excluding diaryl/α,β-unsaturated/α-hetero) is 1. The number of H-pyrrole nitrogens is 1. The molecule has 1 aliphatic heterocycles. The smallest absolute Gasteiger partial charge is 0.438 e. The molecule has 36 heavy (non-hydrogen) atoms. The lowest BCUT2D eigenvalue weighted by atomic mass is 10.2. The Morgan fingerprint density at radius 2 is 1.89 bits per heavy atom. The van der Waals surface area contributed by atoms with Crippen LogP contribution in [0.3, 0.4) is 0 Å². The van der Waals surface area contributed by atoms with Gasteiger partial charge in [0.05, 0.1) is 24.8 Å². The van der Waals surface area contributed by atoms with Gasteiger partial charge in [0, 0.05) is 18.2 Å². The van der Waals surface area contributed by atoms with Crippen molar-refractivity contribution in [2.75, 3.05) is 17.8 Å². The second-order valence-corrected chi connectivity index (χ2v) is 8.43. The molecule has 10 nitrogen and oxygen atoms in total. The predicted octanol–water partition coefficient (Wildman–Crippen LogP) is 3.21. The molecule has 0 spiro atoms. The van der Waals surface area contributed by atoms with Gasteiger partial charge in [-0.2, -0.15) is 0 Å². The molecule has 0 atom stereocenters. The van der Waals surface area contributed by atoms with E-state index < -0.39 is 11.4 Å². The van der Waals surface area contributed by atoms with E-state index in [0.29, 0.717) is 28.1 Å². The number of carbonyl (C=O) groups excluding carboxylic acids is 2. The molecule has 0 fully saturated rings. The number of furan rings is 1. The van der Waals surface area contributed by atoms with Gasteiger partial charge in [-0.1, -0.05) is 30.0 Å². The molecule has 0 aliphatic carbocycles. The lowest BCUT2D eigenvalue weighted by Crippen LogP contribution is -2.41. The van der Waals surface area contributed by atoms with Gasteiger partial charge >= 0.3 is 11.3 Å². The second-order valence-electron chi connectivity index (χ2n) is 7.49. The van der Waals surface area contributed by atoms with Crippen LogP contribution in [-0.2, 0) is 4.79 Å². The fourth-order valence-corrected chi connectivity index (χ4v) is 4.41. The normalized spacial score (nSPS) is 14.4. The third-order valence-corrected chi connectivity index (χ3v) is 6.18. The number of ether oxygens (including phenoxy) is 1. The highest BCUT2D eigenvalue weighted by Gasteiger charge is 2.35. The summed E-state index contributed by atoms with van der Waals surface area (Å²) in [5.41, 5.74) is 0.282. The number of aromatic nitrogens is 2. The van der Waals surface area contributed by atoms with Gasteiger partial charge in [-0.3, -0.25) is 19.0 Å². The summed E-state index contributed by atoms with van der Waals surface area (Å²) in [5.74, 6) is 0.0710. The van der Waals surface area contributed by atoms with Crippen molar-refractivity contribution in [3.05, 3.63) is 101 Å². The van der Waals surface area contributed by atoms with Crippen molar-refractivity contribution in [1.29, 1.82) is 0 Å². The van der Waals surface area contributed by atoms with E-state index in [1.54, 1.807) is 67.8 Å². The Morgan fingerprint density at radius 1 is 1.11 bits per heavy atom. The lowest BCUT2D eigenvalue weighted by molar-refractivity contribution is -0.672. The van der Waals surface area contributed by atoms with Crippen molar-refractivity contribution in [2.45, 2.75) is 0 Å². The maximum Gasteiger partial charge on any atom is 0.438 e. The van der Waals surface area contributed by atoms with E-state index in [-0.39, 0.29) is 23.1 Å². The van der Waals surface area contributed by atoms with Crippen LogP contribution in [0.15, 0.2) is 97.4 Å². The summed E-state index contributed by atoms with van der Waals surface area (Å²) in [6.45, 7) is 0. The molecule has 1 N–H and O–H groups in total. The molecule has 2 aromatic heterocycles. The molecule has 2 aromatic carbocycles. The number of aliphatic imine (C=N–C) groups is 1. The Morgan fingerprint density at radius 3 is 2.58 bits per heavy atom. The first-order valence-corrected chi connectivity index (χ1v) is 11.7. The summed E-state index contributed by atoms with van der Waals surface area (Å²) in [4.78, 5) is 44.5. The number of para-hydroxylation sites is 1. The summed E-state index contributed by atoms with van der Waals surface area (Å²) < 4.78 is 16.6. The quantitative estimate of drug-likeness (QED) is 0.233. The van der Waals surface area contributed by atoms with Crippen LogP contribution in [0.5, 0.6) is 5.75 Å². The number of benzene rings is 2. The number of nitrogens with zero attached hydrogens (tertiary/aromatic N) is 3. The number of aromatic amines is 1. The molecule has 0 radical (unpaired) electrons. The minimum absolute atomic E-state index is 0.164. The van der Waals surface area contributed by atoms with E-state index >= 15 is 0 Å². The van der Waals surface area contributed by atoms with E-state index in [1.165, 1.54) is 21.9 Å². The second kappa shape index (κ2) is 9.92. The number of amides is 1. The molecule has 1 aliphatic rings. The molecule has 180 valence electrons. The zero-order chi connectivity index (χ0) is 25.1. The van der Waals surface area contributed by atoms with Gasteiger partial charge in [-0.15, -0.1) is 0 Å². The highest BCUT2D eigenvalue weighted by Crippen LogP contribution is 2.29. The van der Waals surface area contributed by atoms with Gasteiger partial charge in [-0.25, -0.2) is 9.79 Å². The maximum atomic E-state index is 13.2. The predicted molar refractivity (Wildman–Crippen MR) is 132 cm³/mol. The molecule has 11 heteroatoms. The van der Waals surface area contributed by atoms with Crippen LogP contribution in [0.25, 0.3) is 11.8 Å². The molecule has 1 amide bonds. The van der Waals surface area contributed by atoms with Crippen LogP contribution in [0.4, 0.5) is 5.69 Å². The Hall–Kier alpha value is -4.64. The minimum atomic E-state index is -0.806. The van der Waals surface area contributed by atoms with Crippen LogP contribution >= 0.6 is 11.8 Å². The molecule has 3 heterocycles. The summed E-state index contributed by atoms with van der Waals surface area (Å²) in [5, 5.41) is 2.75. The Kier molecular flexibility index (Phi) is 6.37. The van der Waals surface area contributed by atoms with Crippen molar-refractivity contribution in [3.63, 3.8) is 0 Å². The number of ketones is 1. The number of methoxy groups -OCH3 is 1. The van der Waals surface area contributed by atoms with Gasteiger partial charge in [0.15, 0.2) is 5.17 Å². The van der Waals surface area contributed by atoms with Crippen LogP contribution in [0.1, 0.15) is 16.2 Å². The van der Waals surface area contributed by atoms with E-state index in [0.717, 1.165) is 11.8 Å². The lowest BCUT2D eigenvalue weighted by Gasteiger charge is -2.17. The molecular formula is C25H19N4O6S+. The third kappa shape index (κ3) is 4.51. The van der Waals surface area contributed by atoms with Gasteiger partial charge < -0.3 is 9.15 Å². The number of hydrogen-bond acceptors (Lipinski definition) is 8. The Balaban J connectivity index is 1.42. The number of thioether (sulfide) groups is 1.